The van der Waals surface area contributed by atoms with Crippen molar-refractivity contribution in [2.45, 2.75) is 19.9 Å². The van der Waals surface area contributed by atoms with Gasteiger partial charge in [0.05, 0.1) is 5.41 Å². The van der Waals surface area contributed by atoms with Crippen molar-refractivity contribution >= 4 is 17.7 Å². The summed E-state index contributed by atoms with van der Waals surface area (Å²) in [5.74, 6) is -0.639. The third-order valence-corrected chi connectivity index (χ3v) is 3.12. The number of carbonyl (C=O) groups is 3. The summed E-state index contributed by atoms with van der Waals surface area (Å²) < 4.78 is 0. The first-order valence-electron chi connectivity index (χ1n) is 5.64. The Bertz CT molecular complexity index is 508. The van der Waals surface area contributed by atoms with E-state index in [4.69, 9.17) is 0 Å². The molecule has 3 amide bonds. The fourth-order valence-electron chi connectivity index (χ4n) is 2.02. The van der Waals surface area contributed by atoms with Gasteiger partial charge >= 0.3 is 6.03 Å². The number of rotatable bonds is 3. The minimum absolute atomic E-state index is 0.176. The fourth-order valence-corrected chi connectivity index (χ4v) is 2.02. The van der Waals surface area contributed by atoms with E-state index < -0.39 is 23.4 Å². The Kier molecular flexibility index (Phi) is 2.90. The Morgan fingerprint density at radius 3 is 2.28 bits per heavy atom. The highest BCUT2D eigenvalue weighted by Gasteiger charge is 2.46. The average molecular weight is 246 g/mol. The van der Waals surface area contributed by atoms with Crippen LogP contribution in [0.15, 0.2) is 30.3 Å². The second-order valence-electron chi connectivity index (χ2n) is 4.81. The van der Waals surface area contributed by atoms with Gasteiger partial charge < -0.3 is 5.32 Å². The van der Waals surface area contributed by atoms with Gasteiger partial charge in [-0.05, 0) is 0 Å². The largest absolute Gasteiger partial charge is 0.325 e. The number of carbonyl (C=O) groups excluding carboxylic acids is 3. The zero-order valence-electron chi connectivity index (χ0n) is 10.2. The molecule has 1 heterocycles. The molecular weight excluding hydrogens is 232 g/mol. The van der Waals surface area contributed by atoms with Crippen molar-refractivity contribution in [3.63, 3.8) is 0 Å². The zero-order chi connectivity index (χ0) is 13.3. The van der Waals surface area contributed by atoms with Crippen LogP contribution in [0.1, 0.15) is 24.2 Å². The van der Waals surface area contributed by atoms with E-state index in [0.29, 0.717) is 5.56 Å². The van der Waals surface area contributed by atoms with Gasteiger partial charge in [-0.25, -0.2) is 4.79 Å². The van der Waals surface area contributed by atoms with E-state index in [2.05, 4.69) is 10.6 Å². The van der Waals surface area contributed by atoms with Crippen LogP contribution in [0.25, 0.3) is 0 Å². The SMILES string of the molecule is CC(C)(C(=O)c1ccccc1)C1NC(=O)NC1=O. The topological polar surface area (TPSA) is 75.3 Å². The minimum Gasteiger partial charge on any atom is -0.325 e. The molecule has 0 bridgehead atoms. The molecule has 1 unspecified atom stereocenters. The monoisotopic (exact) mass is 246 g/mol. The first kappa shape index (κ1) is 12.3. The number of imide groups is 1. The van der Waals surface area contributed by atoms with Gasteiger partial charge in [-0.1, -0.05) is 44.2 Å². The maximum atomic E-state index is 12.4. The van der Waals surface area contributed by atoms with E-state index in [-0.39, 0.29) is 5.78 Å². The lowest BCUT2D eigenvalue weighted by molar-refractivity contribution is -0.121. The van der Waals surface area contributed by atoms with Gasteiger partial charge in [0.1, 0.15) is 6.04 Å². The van der Waals surface area contributed by atoms with Crippen molar-refractivity contribution in [3.05, 3.63) is 35.9 Å². The minimum atomic E-state index is -0.988. The van der Waals surface area contributed by atoms with Gasteiger partial charge in [0.2, 0.25) is 0 Å². The lowest BCUT2D eigenvalue weighted by Crippen LogP contribution is -2.47. The number of amides is 3. The third kappa shape index (κ3) is 1.99. The summed E-state index contributed by atoms with van der Waals surface area (Å²) in [5, 5.41) is 4.61. The summed E-state index contributed by atoms with van der Waals surface area (Å²) >= 11 is 0. The molecule has 0 radical (unpaired) electrons. The molecule has 2 N–H and O–H groups in total. The van der Waals surface area contributed by atoms with Crippen LogP contribution in [0, 0.1) is 5.41 Å². The highest BCUT2D eigenvalue weighted by molar-refractivity contribution is 6.10. The van der Waals surface area contributed by atoms with Crippen molar-refractivity contribution in [2.24, 2.45) is 5.41 Å². The summed E-state index contributed by atoms with van der Waals surface area (Å²) in [6.07, 6.45) is 0. The lowest BCUT2D eigenvalue weighted by atomic mass is 9.77. The first-order valence-corrected chi connectivity index (χ1v) is 5.64. The summed E-state index contributed by atoms with van der Waals surface area (Å²) in [6.45, 7) is 3.30. The Morgan fingerprint density at radius 1 is 1.17 bits per heavy atom. The average Bonchev–Trinajstić information content (AvgIpc) is 2.69. The number of benzene rings is 1. The molecule has 1 aromatic carbocycles. The molecule has 0 spiro atoms. The van der Waals surface area contributed by atoms with Gasteiger partial charge in [0.15, 0.2) is 5.78 Å². The van der Waals surface area contributed by atoms with Crippen molar-refractivity contribution in [1.82, 2.24) is 10.6 Å². The highest BCUT2D eigenvalue weighted by atomic mass is 16.2. The third-order valence-electron chi connectivity index (χ3n) is 3.12. The molecule has 1 aliphatic rings. The standard InChI is InChI=1S/C13H14N2O3/c1-13(2,9-11(17)15-12(18)14-9)10(16)8-6-4-3-5-7-8/h3-7,9H,1-2H3,(H2,14,15,17,18). The van der Waals surface area contributed by atoms with E-state index in [1.54, 1.807) is 38.1 Å². The molecule has 0 saturated carbocycles. The predicted octanol–water partition coefficient (Wildman–Crippen LogP) is 1.10. The maximum absolute atomic E-state index is 12.4. The van der Waals surface area contributed by atoms with Gasteiger partial charge in [-0.2, -0.15) is 0 Å². The lowest BCUT2D eigenvalue weighted by Gasteiger charge is -2.27. The van der Waals surface area contributed by atoms with Crippen LogP contribution in [0.2, 0.25) is 0 Å². The maximum Gasteiger partial charge on any atom is 0.322 e. The van der Waals surface area contributed by atoms with E-state index in [0.717, 1.165) is 0 Å². The number of ketones is 1. The van der Waals surface area contributed by atoms with Crippen LogP contribution in [-0.2, 0) is 4.79 Å². The van der Waals surface area contributed by atoms with E-state index >= 15 is 0 Å². The molecule has 0 aliphatic carbocycles. The Hall–Kier alpha value is -2.17. The Labute approximate surface area is 105 Å². The predicted molar refractivity (Wildman–Crippen MR) is 65.0 cm³/mol. The molecule has 1 atom stereocenters. The molecule has 18 heavy (non-hydrogen) atoms. The number of Topliss-reactive ketones (excluding diaryl/α,β-unsaturated/α-hetero) is 1. The Balaban J connectivity index is 2.29. The summed E-state index contributed by atoms with van der Waals surface area (Å²) in [7, 11) is 0. The molecular formula is C13H14N2O3. The van der Waals surface area contributed by atoms with Gasteiger partial charge in [0.25, 0.3) is 5.91 Å². The molecule has 94 valence electrons. The highest BCUT2D eigenvalue weighted by Crippen LogP contribution is 2.27. The van der Waals surface area contributed by atoms with Crippen LogP contribution in [-0.4, -0.2) is 23.8 Å². The molecule has 5 heteroatoms. The molecule has 1 fully saturated rings. The van der Waals surface area contributed by atoms with Crippen molar-refractivity contribution in [3.8, 4) is 0 Å². The number of urea groups is 1. The van der Waals surface area contributed by atoms with Crippen LogP contribution in [0.3, 0.4) is 0 Å². The van der Waals surface area contributed by atoms with E-state index in [9.17, 15) is 14.4 Å². The van der Waals surface area contributed by atoms with Gasteiger partial charge in [-0.15, -0.1) is 0 Å². The second kappa shape index (κ2) is 4.25. The number of hydrogen-bond donors (Lipinski definition) is 2. The van der Waals surface area contributed by atoms with Crippen LogP contribution >= 0.6 is 0 Å². The van der Waals surface area contributed by atoms with Crippen LogP contribution in [0.4, 0.5) is 4.79 Å². The quantitative estimate of drug-likeness (QED) is 0.619. The zero-order valence-corrected chi connectivity index (χ0v) is 10.2. The van der Waals surface area contributed by atoms with Gasteiger partial charge in [-0.3, -0.25) is 14.9 Å². The normalized spacial score (nSPS) is 19.3. The number of nitrogens with one attached hydrogen (secondary N) is 2. The van der Waals surface area contributed by atoms with Crippen molar-refractivity contribution < 1.29 is 14.4 Å². The first-order chi connectivity index (χ1) is 8.43. The summed E-state index contributed by atoms with van der Waals surface area (Å²) in [6, 6.07) is 7.33. The fraction of sp³-hybridized carbons (Fsp3) is 0.308. The number of hydrogen-bond acceptors (Lipinski definition) is 3. The summed E-state index contributed by atoms with van der Waals surface area (Å²) in [5.41, 5.74) is -0.464. The van der Waals surface area contributed by atoms with Crippen LogP contribution < -0.4 is 10.6 Å². The van der Waals surface area contributed by atoms with Gasteiger partial charge in [0, 0.05) is 5.56 Å². The Morgan fingerprint density at radius 2 is 1.78 bits per heavy atom. The molecule has 1 aromatic rings. The van der Waals surface area contributed by atoms with E-state index in [1.165, 1.54) is 0 Å². The molecule has 2 rings (SSSR count). The summed E-state index contributed by atoms with van der Waals surface area (Å²) in [4.78, 5) is 35.1. The van der Waals surface area contributed by atoms with Crippen molar-refractivity contribution in [1.29, 1.82) is 0 Å². The van der Waals surface area contributed by atoms with Crippen LogP contribution in [0.5, 0.6) is 0 Å². The smallest absolute Gasteiger partial charge is 0.322 e. The molecule has 0 aromatic heterocycles. The van der Waals surface area contributed by atoms with E-state index in [1.807, 2.05) is 6.07 Å². The molecule has 5 nitrogen and oxygen atoms in total. The molecule has 1 saturated heterocycles. The second-order valence-corrected chi connectivity index (χ2v) is 4.81. The molecule has 1 aliphatic heterocycles. The van der Waals surface area contributed by atoms with Crippen molar-refractivity contribution in [2.75, 3.05) is 0 Å².